The molecule has 1 aliphatic rings. The summed E-state index contributed by atoms with van der Waals surface area (Å²) in [5.74, 6) is 0. The second-order valence-electron chi connectivity index (χ2n) is 3.67. The molecule has 3 heteroatoms. The van der Waals surface area contributed by atoms with Crippen LogP contribution in [-0.2, 0) is 0 Å². The van der Waals surface area contributed by atoms with Crippen LogP contribution >= 0.6 is 15.9 Å². The van der Waals surface area contributed by atoms with Crippen molar-refractivity contribution in [3.63, 3.8) is 0 Å². The fraction of sp³-hybridized carbons (Fsp3) is 0.455. The third kappa shape index (κ3) is 2.10. The summed E-state index contributed by atoms with van der Waals surface area (Å²) < 4.78 is 1.20. The summed E-state index contributed by atoms with van der Waals surface area (Å²) in [5.41, 5.74) is 2.62. The fourth-order valence-electron chi connectivity index (χ4n) is 1.70. The normalized spacial score (nSPS) is 17.1. The van der Waals surface area contributed by atoms with E-state index in [-0.39, 0.29) is 0 Å². The number of halogens is 1. The lowest BCUT2D eigenvalue weighted by molar-refractivity contribution is 0.589. The van der Waals surface area contributed by atoms with E-state index in [0.717, 1.165) is 26.2 Å². The van der Waals surface area contributed by atoms with Gasteiger partial charge in [0.1, 0.15) is 0 Å². The molecule has 0 radical (unpaired) electrons. The molecule has 0 atom stereocenters. The highest BCUT2D eigenvalue weighted by Crippen LogP contribution is 2.23. The molecule has 2 nitrogen and oxygen atoms in total. The van der Waals surface area contributed by atoms with Crippen LogP contribution in [0.5, 0.6) is 0 Å². The zero-order valence-electron chi connectivity index (χ0n) is 8.39. The minimum absolute atomic E-state index is 1.09. The fourth-order valence-corrected chi connectivity index (χ4v) is 2.07. The van der Waals surface area contributed by atoms with Gasteiger partial charge in [-0.2, -0.15) is 0 Å². The molecule has 0 aliphatic carbocycles. The number of rotatable bonds is 1. The zero-order valence-corrected chi connectivity index (χ0v) is 9.97. The van der Waals surface area contributed by atoms with Crippen LogP contribution in [0.4, 0.5) is 5.69 Å². The van der Waals surface area contributed by atoms with Crippen LogP contribution in [0.25, 0.3) is 0 Å². The molecular weight excluding hydrogens is 240 g/mol. The largest absolute Gasteiger partial charge is 0.369 e. The molecule has 14 heavy (non-hydrogen) atoms. The van der Waals surface area contributed by atoms with Crippen LogP contribution in [0.2, 0.25) is 0 Å². The van der Waals surface area contributed by atoms with Gasteiger partial charge in [-0.3, -0.25) is 0 Å². The highest BCUT2D eigenvalue weighted by atomic mass is 79.9. The zero-order chi connectivity index (χ0) is 9.97. The Morgan fingerprint density at radius 3 is 2.64 bits per heavy atom. The van der Waals surface area contributed by atoms with Crippen LogP contribution in [0.15, 0.2) is 22.7 Å². The van der Waals surface area contributed by atoms with Crippen molar-refractivity contribution < 1.29 is 0 Å². The molecule has 0 bridgehead atoms. The second kappa shape index (κ2) is 4.32. The van der Waals surface area contributed by atoms with Gasteiger partial charge in [0, 0.05) is 36.3 Å². The highest BCUT2D eigenvalue weighted by Gasteiger charge is 2.10. The summed E-state index contributed by atoms with van der Waals surface area (Å²) in [7, 11) is 0. The first-order chi connectivity index (χ1) is 6.77. The SMILES string of the molecule is Cc1ccc(N2CCNCC2)cc1Br. The van der Waals surface area contributed by atoms with E-state index in [4.69, 9.17) is 0 Å². The van der Waals surface area contributed by atoms with E-state index in [9.17, 15) is 0 Å². The van der Waals surface area contributed by atoms with Crippen LogP contribution in [0, 0.1) is 6.92 Å². The van der Waals surface area contributed by atoms with E-state index >= 15 is 0 Å². The average molecular weight is 255 g/mol. The van der Waals surface area contributed by atoms with E-state index < -0.39 is 0 Å². The molecule has 0 saturated carbocycles. The van der Waals surface area contributed by atoms with Gasteiger partial charge in [-0.05, 0) is 24.6 Å². The van der Waals surface area contributed by atoms with Gasteiger partial charge in [-0.25, -0.2) is 0 Å². The molecule has 0 unspecified atom stereocenters. The lowest BCUT2D eigenvalue weighted by Gasteiger charge is -2.29. The van der Waals surface area contributed by atoms with Crippen LogP contribution in [-0.4, -0.2) is 26.2 Å². The van der Waals surface area contributed by atoms with Gasteiger partial charge in [0.2, 0.25) is 0 Å². The maximum atomic E-state index is 3.57. The number of hydrogen-bond acceptors (Lipinski definition) is 2. The van der Waals surface area contributed by atoms with E-state index in [1.165, 1.54) is 15.7 Å². The van der Waals surface area contributed by atoms with Crippen LogP contribution < -0.4 is 10.2 Å². The van der Waals surface area contributed by atoms with Crippen molar-refractivity contribution in [2.75, 3.05) is 31.1 Å². The molecule has 1 saturated heterocycles. The number of hydrogen-bond donors (Lipinski definition) is 1. The molecule has 1 N–H and O–H groups in total. The van der Waals surface area contributed by atoms with E-state index in [1.807, 2.05) is 0 Å². The number of benzene rings is 1. The Morgan fingerprint density at radius 2 is 2.00 bits per heavy atom. The number of nitrogens with one attached hydrogen (secondary N) is 1. The molecule has 1 aromatic carbocycles. The topological polar surface area (TPSA) is 15.3 Å². The molecule has 1 fully saturated rings. The van der Waals surface area contributed by atoms with Crippen molar-refractivity contribution in [3.8, 4) is 0 Å². The Kier molecular flexibility index (Phi) is 3.08. The monoisotopic (exact) mass is 254 g/mol. The molecular formula is C11H15BrN2. The average Bonchev–Trinajstić information content (AvgIpc) is 2.23. The summed E-state index contributed by atoms with van der Waals surface area (Å²) in [4.78, 5) is 2.42. The maximum Gasteiger partial charge on any atom is 0.0378 e. The number of piperazine rings is 1. The lowest BCUT2D eigenvalue weighted by atomic mass is 10.2. The predicted molar refractivity (Wildman–Crippen MR) is 64.0 cm³/mol. The van der Waals surface area contributed by atoms with Gasteiger partial charge < -0.3 is 10.2 Å². The lowest BCUT2D eigenvalue weighted by Crippen LogP contribution is -2.43. The van der Waals surface area contributed by atoms with Gasteiger partial charge in [0.05, 0.1) is 0 Å². The van der Waals surface area contributed by atoms with E-state index in [2.05, 4.69) is 51.3 Å². The molecule has 0 spiro atoms. The van der Waals surface area contributed by atoms with Crippen molar-refractivity contribution in [1.29, 1.82) is 0 Å². The summed E-state index contributed by atoms with van der Waals surface area (Å²) in [6.07, 6.45) is 0. The Morgan fingerprint density at radius 1 is 1.29 bits per heavy atom. The summed E-state index contributed by atoms with van der Waals surface area (Å²) in [6.45, 7) is 6.51. The minimum atomic E-state index is 1.09. The molecule has 2 rings (SSSR count). The van der Waals surface area contributed by atoms with E-state index in [0.29, 0.717) is 0 Å². The number of anilines is 1. The van der Waals surface area contributed by atoms with Gasteiger partial charge in [-0.15, -0.1) is 0 Å². The Hall–Kier alpha value is -0.540. The van der Waals surface area contributed by atoms with Crippen LogP contribution in [0.3, 0.4) is 0 Å². The first kappa shape index (κ1) is 9.99. The molecule has 76 valence electrons. The van der Waals surface area contributed by atoms with Gasteiger partial charge >= 0.3 is 0 Å². The van der Waals surface area contributed by atoms with Gasteiger partial charge in [0.25, 0.3) is 0 Å². The molecule has 0 amide bonds. The first-order valence-electron chi connectivity index (χ1n) is 4.99. The smallest absolute Gasteiger partial charge is 0.0378 e. The highest BCUT2D eigenvalue weighted by molar-refractivity contribution is 9.10. The molecule has 0 aromatic heterocycles. The van der Waals surface area contributed by atoms with Crippen molar-refractivity contribution in [1.82, 2.24) is 5.32 Å². The maximum absolute atomic E-state index is 3.57. The molecule has 1 heterocycles. The minimum Gasteiger partial charge on any atom is -0.369 e. The quantitative estimate of drug-likeness (QED) is 0.827. The molecule has 1 aromatic rings. The van der Waals surface area contributed by atoms with Gasteiger partial charge in [0.15, 0.2) is 0 Å². The summed E-state index contributed by atoms with van der Waals surface area (Å²) >= 11 is 3.57. The van der Waals surface area contributed by atoms with Crippen molar-refractivity contribution in [2.24, 2.45) is 0 Å². The molecule has 1 aliphatic heterocycles. The van der Waals surface area contributed by atoms with Crippen molar-refractivity contribution in [3.05, 3.63) is 28.2 Å². The Bertz CT molecular complexity index is 319. The van der Waals surface area contributed by atoms with E-state index in [1.54, 1.807) is 0 Å². The van der Waals surface area contributed by atoms with Gasteiger partial charge in [-0.1, -0.05) is 22.0 Å². The van der Waals surface area contributed by atoms with Crippen molar-refractivity contribution >= 4 is 21.6 Å². The van der Waals surface area contributed by atoms with Crippen molar-refractivity contribution in [2.45, 2.75) is 6.92 Å². The number of aryl methyl sites for hydroxylation is 1. The first-order valence-corrected chi connectivity index (χ1v) is 5.78. The summed E-state index contributed by atoms with van der Waals surface area (Å²) in [5, 5.41) is 3.36. The Balaban J connectivity index is 2.18. The van der Waals surface area contributed by atoms with Crippen LogP contribution in [0.1, 0.15) is 5.56 Å². The Labute approximate surface area is 93.4 Å². The standard InChI is InChI=1S/C11H15BrN2/c1-9-2-3-10(8-11(9)12)14-6-4-13-5-7-14/h2-3,8,13H,4-7H2,1H3. The third-order valence-corrected chi connectivity index (χ3v) is 3.49. The third-order valence-electron chi connectivity index (χ3n) is 2.64. The summed E-state index contributed by atoms with van der Waals surface area (Å²) in [6, 6.07) is 6.58. The predicted octanol–water partition coefficient (Wildman–Crippen LogP) is 2.17. The number of nitrogens with zero attached hydrogens (tertiary/aromatic N) is 1. The second-order valence-corrected chi connectivity index (χ2v) is 4.52.